The van der Waals surface area contributed by atoms with Crippen LogP contribution in [0.15, 0.2) is 6.20 Å². The number of methoxy groups -OCH3 is 1. The van der Waals surface area contributed by atoms with Crippen molar-refractivity contribution in [1.82, 2.24) is 15.1 Å². The van der Waals surface area contributed by atoms with Crippen LogP contribution in [0.2, 0.25) is 0 Å². The zero-order chi connectivity index (χ0) is 12.1. The molecule has 92 valence electrons. The molecule has 0 amide bonds. The number of aromatic nitrogens is 2. The largest absolute Gasteiger partial charge is 0.383 e. The number of aryl methyl sites for hydroxylation is 1. The van der Waals surface area contributed by atoms with Crippen LogP contribution in [-0.4, -0.2) is 29.5 Å². The van der Waals surface area contributed by atoms with Gasteiger partial charge < -0.3 is 10.1 Å². The second-order valence-corrected chi connectivity index (χ2v) is 4.26. The molecular weight excluding hydrogens is 202 g/mol. The van der Waals surface area contributed by atoms with E-state index in [1.54, 1.807) is 7.11 Å². The zero-order valence-electron chi connectivity index (χ0n) is 10.9. The standard InChI is InChI=1S/C12H23N3O/c1-6-11(8-16-5)14-9(2)12-7-13-15(4)10(12)3/h7,9,11,14H,6,8H2,1-5H3. The van der Waals surface area contributed by atoms with E-state index < -0.39 is 0 Å². The van der Waals surface area contributed by atoms with Gasteiger partial charge in [-0.25, -0.2) is 0 Å². The molecule has 1 aromatic rings. The fraction of sp³-hybridized carbons (Fsp3) is 0.750. The molecule has 2 atom stereocenters. The second kappa shape index (κ2) is 6.01. The van der Waals surface area contributed by atoms with Crippen molar-refractivity contribution in [3.63, 3.8) is 0 Å². The minimum Gasteiger partial charge on any atom is -0.383 e. The highest BCUT2D eigenvalue weighted by Crippen LogP contribution is 2.17. The van der Waals surface area contributed by atoms with Gasteiger partial charge in [-0.15, -0.1) is 0 Å². The van der Waals surface area contributed by atoms with Gasteiger partial charge in [-0.1, -0.05) is 6.92 Å². The van der Waals surface area contributed by atoms with E-state index >= 15 is 0 Å². The van der Waals surface area contributed by atoms with E-state index in [9.17, 15) is 0 Å². The van der Waals surface area contributed by atoms with E-state index in [-0.39, 0.29) is 0 Å². The van der Waals surface area contributed by atoms with Crippen LogP contribution in [0.1, 0.15) is 37.6 Å². The Morgan fingerprint density at radius 3 is 2.69 bits per heavy atom. The minimum absolute atomic E-state index is 0.314. The molecule has 0 radical (unpaired) electrons. The summed E-state index contributed by atoms with van der Waals surface area (Å²) in [4.78, 5) is 0. The summed E-state index contributed by atoms with van der Waals surface area (Å²) in [6, 6.07) is 0.716. The van der Waals surface area contributed by atoms with Gasteiger partial charge in [-0.05, 0) is 20.3 Å². The topological polar surface area (TPSA) is 39.1 Å². The second-order valence-electron chi connectivity index (χ2n) is 4.26. The molecule has 1 heterocycles. The molecule has 0 fully saturated rings. The molecule has 4 heteroatoms. The molecule has 4 nitrogen and oxygen atoms in total. The summed E-state index contributed by atoms with van der Waals surface area (Å²) in [7, 11) is 3.71. The van der Waals surface area contributed by atoms with Crippen molar-refractivity contribution in [2.75, 3.05) is 13.7 Å². The van der Waals surface area contributed by atoms with Gasteiger partial charge in [0.25, 0.3) is 0 Å². The first-order valence-corrected chi connectivity index (χ1v) is 5.83. The first-order chi connectivity index (χ1) is 7.60. The summed E-state index contributed by atoms with van der Waals surface area (Å²) in [6.45, 7) is 7.18. The van der Waals surface area contributed by atoms with Crippen molar-refractivity contribution in [2.45, 2.75) is 39.3 Å². The predicted octanol–water partition coefficient (Wildman–Crippen LogP) is 1.80. The van der Waals surface area contributed by atoms with Crippen LogP contribution in [0, 0.1) is 6.92 Å². The van der Waals surface area contributed by atoms with Crippen LogP contribution in [0.5, 0.6) is 0 Å². The van der Waals surface area contributed by atoms with E-state index in [2.05, 4.69) is 31.2 Å². The number of hydrogen-bond acceptors (Lipinski definition) is 3. The summed E-state index contributed by atoms with van der Waals surface area (Å²) >= 11 is 0. The fourth-order valence-corrected chi connectivity index (χ4v) is 1.87. The SMILES string of the molecule is CCC(COC)NC(C)c1cnn(C)c1C. The first kappa shape index (κ1) is 13.2. The van der Waals surface area contributed by atoms with Crippen LogP contribution in [-0.2, 0) is 11.8 Å². The molecule has 0 aliphatic rings. The summed E-state index contributed by atoms with van der Waals surface area (Å²) in [5.74, 6) is 0. The minimum atomic E-state index is 0.314. The predicted molar refractivity (Wildman–Crippen MR) is 65.5 cm³/mol. The van der Waals surface area contributed by atoms with Crippen molar-refractivity contribution in [3.05, 3.63) is 17.5 Å². The Morgan fingerprint density at radius 2 is 2.25 bits per heavy atom. The molecule has 0 saturated heterocycles. The highest BCUT2D eigenvalue weighted by Gasteiger charge is 2.15. The third kappa shape index (κ3) is 3.06. The van der Waals surface area contributed by atoms with Crippen molar-refractivity contribution in [2.24, 2.45) is 7.05 Å². The first-order valence-electron chi connectivity index (χ1n) is 5.83. The van der Waals surface area contributed by atoms with Crippen LogP contribution < -0.4 is 5.32 Å². The number of nitrogens with zero attached hydrogens (tertiary/aromatic N) is 2. The van der Waals surface area contributed by atoms with Gasteiger partial charge in [-0.3, -0.25) is 4.68 Å². The molecular formula is C12H23N3O. The maximum atomic E-state index is 5.18. The maximum absolute atomic E-state index is 5.18. The molecule has 16 heavy (non-hydrogen) atoms. The summed E-state index contributed by atoms with van der Waals surface area (Å²) in [5.41, 5.74) is 2.48. The number of nitrogens with one attached hydrogen (secondary N) is 1. The smallest absolute Gasteiger partial charge is 0.0615 e. The number of ether oxygens (including phenoxy) is 1. The summed E-state index contributed by atoms with van der Waals surface area (Å²) in [5, 5.41) is 7.82. The van der Waals surface area contributed by atoms with Crippen LogP contribution in [0.4, 0.5) is 0 Å². The average Bonchev–Trinajstić information content (AvgIpc) is 2.59. The van der Waals surface area contributed by atoms with Gasteiger partial charge in [-0.2, -0.15) is 5.10 Å². The van der Waals surface area contributed by atoms with Gasteiger partial charge >= 0.3 is 0 Å². The maximum Gasteiger partial charge on any atom is 0.0615 e. The van der Waals surface area contributed by atoms with Crippen molar-refractivity contribution < 1.29 is 4.74 Å². The Morgan fingerprint density at radius 1 is 1.56 bits per heavy atom. The van der Waals surface area contributed by atoms with Crippen LogP contribution >= 0.6 is 0 Å². The fourth-order valence-electron chi connectivity index (χ4n) is 1.87. The Bertz CT molecular complexity index is 322. The van der Waals surface area contributed by atoms with Crippen molar-refractivity contribution in [1.29, 1.82) is 0 Å². The molecule has 0 bridgehead atoms. The quantitative estimate of drug-likeness (QED) is 0.802. The summed E-state index contributed by atoms with van der Waals surface area (Å²) < 4.78 is 7.09. The van der Waals surface area contributed by atoms with Crippen molar-refractivity contribution >= 4 is 0 Å². The molecule has 0 aliphatic carbocycles. The van der Waals surface area contributed by atoms with Crippen LogP contribution in [0.25, 0.3) is 0 Å². The number of rotatable bonds is 6. The molecule has 1 rings (SSSR count). The van der Waals surface area contributed by atoms with E-state index in [1.807, 2.05) is 17.9 Å². The normalized spacial score (nSPS) is 15.1. The highest BCUT2D eigenvalue weighted by molar-refractivity contribution is 5.19. The van der Waals surface area contributed by atoms with Gasteiger partial charge in [0.1, 0.15) is 0 Å². The lowest BCUT2D eigenvalue weighted by Gasteiger charge is -2.21. The molecule has 1 aromatic heterocycles. The van der Waals surface area contributed by atoms with Gasteiger partial charge in [0.15, 0.2) is 0 Å². The zero-order valence-corrected chi connectivity index (χ0v) is 10.9. The number of hydrogen-bond donors (Lipinski definition) is 1. The monoisotopic (exact) mass is 225 g/mol. The van der Waals surface area contributed by atoms with E-state index in [4.69, 9.17) is 4.74 Å². The third-order valence-electron chi connectivity index (χ3n) is 3.09. The lowest BCUT2D eigenvalue weighted by Crippen LogP contribution is -2.34. The summed E-state index contributed by atoms with van der Waals surface area (Å²) in [6.07, 6.45) is 3.00. The van der Waals surface area contributed by atoms with E-state index in [0.717, 1.165) is 13.0 Å². The van der Waals surface area contributed by atoms with E-state index in [1.165, 1.54) is 11.3 Å². The molecule has 0 aliphatic heterocycles. The lowest BCUT2D eigenvalue weighted by atomic mass is 10.1. The molecule has 1 N–H and O–H groups in total. The molecule has 0 aromatic carbocycles. The highest BCUT2D eigenvalue weighted by atomic mass is 16.5. The Balaban J connectivity index is 2.64. The molecule has 0 saturated carbocycles. The van der Waals surface area contributed by atoms with Gasteiger partial charge in [0.2, 0.25) is 0 Å². The Hall–Kier alpha value is -0.870. The average molecular weight is 225 g/mol. The third-order valence-corrected chi connectivity index (χ3v) is 3.09. The van der Waals surface area contributed by atoms with Crippen LogP contribution in [0.3, 0.4) is 0 Å². The molecule has 2 unspecified atom stereocenters. The van der Waals surface area contributed by atoms with E-state index in [0.29, 0.717) is 12.1 Å². The van der Waals surface area contributed by atoms with Gasteiger partial charge in [0.05, 0.1) is 12.8 Å². The lowest BCUT2D eigenvalue weighted by molar-refractivity contribution is 0.159. The molecule has 0 spiro atoms. The Kier molecular flexibility index (Phi) is 4.96. The van der Waals surface area contributed by atoms with Crippen molar-refractivity contribution in [3.8, 4) is 0 Å². The van der Waals surface area contributed by atoms with Gasteiger partial charge in [0, 0.05) is 37.5 Å². The Labute approximate surface area is 98.0 Å².